The summed E-state index contributed by atoms with van der Waals surface area (Å²) in [7, 11) is 0. The maximum absolute atomic E-state index is 11.3. The first-order valence-electron chi connectivity index (χ1n) is 5.48. The molecule has 2 unspecified atom stereocenters. The molecule has 2 rings (SSSR count). The minimum atomic E-state index is -0.981. The predicted octanol–water partition coefficient (Wildman–Crippen LogP) is 1.63. The van der Waals surface area contributed by atoms with Crippen molar-refractivity contribution in [1.29, 1.82) is 0 Å². The maximum Gasteiger partial charge on any atom is 0.320 e. The lowest BCUT2D eigenvalue weighted by Crippen LogP contribution is -2.55. The highest BCUT2D eigenvalue weighted by atomic mass is 16.7. The molecule has 1 aliphatic carbocycles. The van der Waals surface area contributed by atoms with Gasteiger partial charge in [-0.3, -0.25) is 9.59 Å². The molecule has 84 valence electrons. The van der Waals surface area contributed by atoms with Gasteiger partial charge in [0.15, 0.2) is 0 Å². The fraction of sp³-hybridized carbons (Fsp3) is 0.818. The zero-order valence-corrected chi connectivity index (χ0v) is 9.12. The van der Waals surface area contributed by atoms with Crippen molar-refractivity contribution in [3.05, 3.63) is 0 Å². The third kappa shape index (κ3) is 1.62. The maximum atomic E-state index is 11.3. The zero-order chi connectivity index (χ0) is 11.1. The van der Waals surface area contributed by atoms with Crippen molar-refractivity contribution in [3.63, 3.8) is 0 Å². The molecule has 15 heavy (non-hydrogen) atoms. The lowest BCUT2D eigenvalue weighted by molar-refractivity contribution is -0.287. The predicted molar refractivity (Wildman–Crippen MR) is 51.7 cm³/mol. The van der Waals surface area contributed by atoms with Gasteiger partial charge >= 0.3 is 11.9 Å². The Labute approximate surface area is 88.9 Å². The number of carbonyl (C=O) groups excluding carboxylic acids is 2. The molecule has 2 aliphatic rings. The van der Waals surface area contributed by atoms with E-state index in [0.29, 0.717) is 0 Å². The molecule has 0 bridgehead atoms. The monoisotopic (exact) mass is 212 g/mol. The molecule has 4 heteroatoms. The lowest BCUT2D eigenvalue weighted by atomic mass is 9.77. The Balaban J connectivity index is 2.28. The largest absolute Gasteiger partial charge is 0.421 e. The van der Waals surface area contributed by atoms with E-state index in [1.54, 1.807) is 0 Å². The summed E-state index contributed by atoms with van der Waals surface area (Å²) in [6, 6.07) is 0. The minimum Gasteiger partial charge on any atom is -0.421 e. The number of hydrogen-bond donors (Lipinski definition) is 0. The van der Waals surface area contributed by atoms with Crippen molar-refractivity contribution in [3.8, 4) is 0 Å². The van der Waals surface area contributed by atoms with Crippen LogP contribution < -0.4 is 0 Å². The number of carbonyl (C=O) groups is 2. The van der Waals surface area contributed by atoms with Crippen LogP contribution in [0.2, 0.25) is 0 Å². The van der Waals surface area contributed by atoms with Gasteiger partial charge in [0, 0.05) is 11.8 Å². The van der Waals surface area contributed by atoms with Gasteiger partial charge in [0.1, 0.15) is 6.42 Å². The molecule has 1 aliphatic heterocycles. The van der Waals surface area contributed by atoms with Crippen LogP contribution in [0.25, 0.3) is 0 Å². The molecular formula is C11H16O4. The molecule has 2 fully saturated rings. The van der Waals surface area contributed by atoms with Crippen molar-refractivity contribution in [2.75, 3.05) is 0 Å². The molecule has 0 amide bonds. The van der Waals surface area contributed by atoms with E-state index in [1.807, 2.05) is 13.8 Å². The first-order chi connectivity index (χ1) is 7.04. The van der Waals surface area contributed by atoms with Crippen LogP contribution in [0, 0.1) is 11.8 Å². The van der Waals surface area contributed by atoms with E-state index in [2.05, 4.69) is 0 Å². The second-order valence-electron chi connectivity index (χ2n) is 4.58. The molecule has 2 atom stereocenters. The van der Waals surface area contributed by atoms with Crippen molar-refractivity contribution in [1.82, 2.24) is 0 Å². The van der Waals surface area contributed by atoms with Crippen molar-refractivity contribution < 1.29 is 19.1 Å². The van der Waals surface area contributed by atoms with Crippen molar-refractivity contribution in [2.24, 2.45) is 11.8 Å². The fourth-order valence-corrected chi connectivity index (χ4v) is 2.59. The molecule has 0 aromatic heterocycles. The van der Waals surface area contributed by atoms with Gasteiger partial charge < -0.3 is 9.47 Å². The second-order valence-corrected chi connectivity index (χ2v) is 4.58. The summed E-state index contributed by atoms with van der Waals surface area (Å²) in [4.78, 5) is 22.6. The molecule has 1 saturated heterocycles. The normalized spacial score (nSPS) is 34.8. The van der Waals surface area contributed by atoms with Gasteiger partial charge in [-0.2, -0.15) is 0 Å². The van der Waals surface area contributed by atoms with E-state index in [0.717, 1.165) is 19.3 Å². The van der Waals surface area contributed by atoms with E-state index in [1.165, 1.54) is 0 Å². The minimum absolute atomic E-state index is 0.0921. The average Bonchev–Trinajstić information content (AvgIpc) is 2.13. The summed E-state index contributed by atoms with van der Waals surface area (Å²) < 4.78 is 10.7. The molecule has 0 radical (unpaired) electrons. The van der Waals surface area contributed by atoms with Gasteiger partial charge in [-0.05, 0) is 12.8 Å². The average molecular weight is 212 g/mol. The van der Waals surface area contributed by atoms with Crippen LogP contribution in [0.3, 0.4) is 0 Å². The molecule has 1 saturated carbocycles. The smallest absolute Gasteiger partial charge is 0.320 e. The van der Waals surface area contributed by atoms with Crippen molar-refractivity contribution >= 4 is 11.9 Å². The number of hydrogen-bond acceptors (Lipinski definition) is 4. The molecule has 4 nitrogen and oxygen atoms in total. The SMILES string of the molecule is CC1CCCC(C)C12OC(=O)CC(=O)O2. The van der Waals surface area contributed by atoms with Gasteiger partial charge in [-0.15, -0.1) is 0 Å². The molecule has 0 aromatic carbocycles. The van der Waals surface area contributed by atoms with Gasteiger partial charge in [0.2, 0.25) is 0 Å². The standard InChI is InChI=1S/C11H16O4/c1-7-4-3-5-8(2)11(7)14-9(12)6-10(13)15-11/h7-8H,3-6H2,1-2H3. The van der Waals surface area contributed by atoms with E-state index < -0.39 is 17.7 Å². The highest BCUT2D eigenvalue weighted by Gasteiger charge is 2.53. The Morgan fingerprint density at radius 2 is 1.53 bits per heavy atom. The van der Waals surface area contributed by atoms with Crippen LogP contribution in [0.1, 0.15) is 39.5 Å². The summed E-state index contributed by atoms with van der Waals surface area (Å²) in [6.07, 6.45) is 2.72. The van der Waals surface area contributed by atoms with E-state index in [4.69, 9.17) is 9.47 Å². The van der Waals surface area contributed by atoms with Crippen LogP contribution in [-0.4, -0.2) is 17.7 Å². The van der Waals surface area contributed by atoms with Crippen LogP contribution in [0.4, 0.5) is 0 Å². The Morgan fingerprint density at radius 3 is 2.00 bits per heavy atom. The van der Waals surface area contributed by atoms with E-state index >= 15 is 0 Å². The highest BCUT2D eigenvalue weighted by Crippen LogP contribution is 2.43. The van der Waals surface area contributed by atoms with Crippen LogP contribution >= 0.6 is 0 Å². The van der Waals surface area contributed by atoms with Crippen LogP contribution in [0.15, 0.2) is 0 Å². The Bertz CT molecular complexity index is 269. The van der Waals surface area contributed by atoms with Gasteiger partial charge in [0.05, 0.1) is 0 Å². The van der Waals surface area contributed by atoms with Gasteiger partial charge in [-0.25, -0.2) is 0 Å². The van der Waals surface area contributed by atoms with E-state index in [9.17, 15) is 9.59 Å². The molecule has 0 N–H and O–H groups in total. The first-order valence-corrected chi connectivity index (χ1v) is 5.48. The summed E-state index contributed by atoms with van der Waals surface area (Å²) >= 11 is 0. The second kappa shape index (κ2) is 3.51. The Morgan fingerprint density at radius 1 is 1.07 bits per heavy atom. The quantitative estimate of drug-likeness (QED) is 0.452. The van der Waals surface area contributed by atoms with Crippen LogP contribution in [0.5, 0.6) is 0 Å². The van der Waals surface area contributed by atoms with Crippen LogP contribution in [-0.2, 0) is 19.1 Å². The Kier molecular flexibility index (Phi) is 2.44. The number of rotatable bonds is 0. The van der Waals surface area contributed by atoms with Gasteiger partial charge in [0.25, 0.3) is 5.79 Å². The summed E-state index contributed by atoms with van der Waals surface area (Å²) in [5.41, 5.74) is 0. The summed E-state index contributed by atoms with van der Waals surface area (Å²) in [5, 5.41) is 0. The topological polar surface area (TPSA) is 52.6 Å². The highest BCUT2D eigenvalue weighted by molar-refractivity contribution is 5.93. The molecule has 1 spiro atoms. The molecule has 0 aromatic rings. The third-order valence-corrected chi connectivity index (χ3v) is 3.48. The third-order valence-electron chi connectivity index (χ3n) is 3.48. The van der Waals surface area contributed by atoms with Gasteiger partial charge in [-0.1, -0.05) is 20.3 Å². The molecular weight excluding hydrogens is 196 g/mol. The lowest BCUT2D eigenvalue weighted by Gasteiger charge is -2.46. The van der Waals surface area contributed by atoms with E-state index in [-0.39, 0.29) is 18.3 Å². The summed E-state index contributed by atoms with van der Waals surface area (Å²) in [5.74, 6) is -1.70. The Hall–Kier alpha value is -1.06. The first kappa shape index (κ1) is 10.5. The number of ether oxygens (including phenoxy) is 2. The van der Waals surface area contributed by atoms with Crippen molar-refractivity contribution in [2.45, 2.75) is 45.3 Å². The molecule has 1 heterocycles. The fourth-order valence-electron chi connectivity index (χ4n) is 2.59. The summed E-state index contributed by atoms with van der Waals surface area (Å²) in [6.45, 7) is 3.95. The zero-order valence-electron chi connectivity index (χ0n) is 9.12. The number of esters is 2.